The first-order chi connectivity index (χ1) is 9.25. The summed E-state index contributed by atoms with van der Waals surface area (Å²) in [6.07, 6.45) is -0.0713. The van der Waals surface area contributed by atoms with Crippen LogP contribution in [0, 0.1) is 0 Å². The summed E-state index contributed by atoms with van der Waals surface area (Å²) in [5.74, 6) is 0.946. The predicted molar refractivity (Wildman–Crippen MR) is 75.3 cm³/mol. The fraction of sp³-hybridized carbons (Fsp3) is 0.500. The third kappa shape index (κ3) is 2.63. The van der Waals surface area contributed by atoms with Gasteiger partial charge in [-0.3, -0.25) is 4.79 Å². The Labute approximate surface area is 117 Å². The highest BCUT2D eigenvalue weighted by Gasteiger charge is 2.31. The van der Waals surface area contributed by atoms with Crippen LogP contribution in [0.1, 0.15) is 18.5 Å². The van der Waals surface area contributed by atoms with Crippen LogP contribution < -0.4 is 10.6 Å². The molecule has 3 atom stereocenters. The smallest absolute Gasteiger partial charge is 0.240 e. The molecule has 1 aromatic carbocycles. The first kappa shape index (κ1) is 13.0. The molecular formula is C14H18N2O2S. The van der Waals surface area contributed by atoms with E-state index in [-0.39, 0.29) is 24.1 Å². The van der Waals surface area contributed by atoms with Crippen LogP contribution in [0.5, 0.6) is 0 Å². The number of nitrogens with one attached hydrogen (secondary N) is 2. The second-order valence-electron chi connectivity index (χ2n) is 4.92. The number of benzene rings is 1. The SMILES string of the molecule is C[C@H]1OCCN[C@@H]1C(=O)NC1CSc2ccccc21. The second kappa shape index (κ2) is 5.53. The number of morpholine rings is 1. The molecule has 2 aliphatic heterocycles. The summed E-state index contributed by atoms with van der Waals surface area (Å²) in [6.45, 7) is 3.35. The molecule has 3 rings (SSSR count). The van der Waals surface area contributed by atoms with Gasteiger partial charge >= 0.3 is 0 Å². The molecular weight excluding hydrogens is 260 g/mol. The third-order valence-electron chi connectivity index (χ3n) is 3.62. The molecule has 1 unspecified atom stereocenters. The maximum absolute atomic E-state index is 12.3. The first-order valence-corrected chi connectivity index (χ1v) is 7.61. The van der Waals surface area contributed by atoms with Gasteiger partial charge in [0.15, 0.2) is 0 Å². The minimum Gasteiger partial charge on any atom is -0.375 e. The average molecular weight is 278 g/mol. The molecule has 1 aromatic rings. The Kier molecular flexibility index (Phi) is 3.77. The number of thioether (sulfide) groups is 1. The maximum Gasteiger partial charge on any atom is 0.240 e. The summed E-state index contributed by atoms with van der Waals surface area (Å²) in [4.78, 5) is 13.6. The van der Waals surface area contributed by atoms with Crippen LogP contribution in [-0.2, 0) is 9.53 Å². The number of hydrogen-bond acceptors (Lipinski definition) is 4. The van der Waals surface area contributed by atoms with Crippen molar-refractivity contribution in [3.05, 3.63) is 29.8 Å². The van der Waals surface area contributed by atoms with Gasteiger partial charge in [-0.1, -0.05) is 18.2 Å². The van der Waals surface area contributed by atoms with E-state index in [0.29, 0.717) is 6.61 Å². The van der Waals surface area contributed by atoms with E-state index in [1.807, 2.05) is 19.1 Å². The monoisotopic (exact) mass is 278 g/mol. The van der Waals surface area contributed by atoms with Gasteiger partial charge in [0.25, 0.3) is 0 Å². The molecule has 4 nitrogen and oxygen atoms in total. The Bertz CT molecular complexity index is 480. The summed E-state index contributed by atoms with van der Waals surface area (Å²) in [5.41, 5.74) is 1.23. The number of carbonyl (C=O) groups is 1. The molecule has 0 aromatic heterocycles. The van der Waals surface area contributed by atoms with Crippen LogP contribution in [0.25, 0.3) is 0 Å². The van der Waals surface area contributed by atoms with Gasteiger partial charge in [0.05, 0.1) is 18.8 Å². The highest BCUT2D eigenvalue weighted by molar-refractivity contribution is 7.99. The number of carbonyl (C=O) groups excluding carboxylic acids is 1. The zero-order valence-corrected chi connectivity index (χ0v) is 11.7. The van der Waals surface area contributed by atoms with Crippen molar-refractivity contribution in [3.8, 4) is 0 Å². The van der Waals surface area contributed by atoms with Gasteiger partial charge in [0.1, 0.15) is 6.04 Å². The molecule has 2 heterocycles. The summed E-state index contributed by atoms with van der Waals surface area (Å²) < 4.78 is 5.52. The molecule has 19 heavy (non-hydrogen) atoms. The second-order valence-corrected chi connectivity index (χ2v) is 5.98. The summed E-state index contributed by atoms with van der Waals surface area (Å²) >= 11 is 1.80. The first-order valence-electron chi connectivity index (χ1n) is 6.63. The topological polar surface area (TPSA) is 50.4 Å². The fourth-order valence-electron chi connectivity index (χ4n) is 2.57. The molecule has 0 radical (unpaired) electrons. The maximum atomic E-state index is 12.3. The zero-order chi connectivity index (χ0) is 13.2. The van der Waals surface area contributed by atoms with Crippen molar-refractivity contribution in [1.82, 2.24) is 10.6 Å². The Morgan fingerprint density at radius 3 is 3.16 bits per heavy atom. The highest BCUT2D eigenvalue weighted by atomic mass is 32.2. The van der Waals surface area contributed by atoms with E-state index in [0.717, 1.165) is 12.3 Å². The van der Waals surface area contributed by atoms with Crippen LogP contribution in [0.2, 0.25) is 0 Å². The molecule has 0 aliphatic carbocycles. The van der Waals surface area contributed by atoms with E-state index in [4.69, 9.17) is 4.74 Å². The molecule has 2 N–H and O–H groups in total. The molecule has 0 saturated carbocycles. The third-order valence-corrected chi connectivity index (χ3v) is 4.80. The van der Waals surface area contributed by atoms with E-state index in [9.17, 15) is 4.79 Å². The van der Waals surface area contributed by atoms with Crippen LogP contribution in [-0.4, -0.2) is 37.0 Å². The summed E-state index contributed by atoms with van der Waals surface area (Å²) in [7, 11) is 0. The number of rotatable bonds is 2. The quantitative estimate of drug-likeness (QED) is 0.857. The minimum atomic E-state index is -0.244. The van der Waals surface area contributed by atoms with Crippen LogP contribution in [0.4, 0.5) is 0 Å². The van der Waals surface area contributed by atoms with Crippen LogP contribution >= 0.6 is 11.8 Å². The van der Waals surface area contributed by atoms with Gasteiger partial charge in [-0.25, -0.2) is 0 Å². The van der Waals surface area contributed by atoms with E-state index >= 15 is 0 Å². The lowest BCUT2D eigenvalue weighted by Crippen LogP contribution is -2.55. The molecule has 1 fully saturated rings. The molecule has 1 saturated heterocycles. The number of ether oxygens (including phenoxy) is 1. The number of amides is 1. The molecule has 5 heteroatoms. The lowest BCUT2D eigenvalue weighted by molar-refractivity contribution is -0.129. The van der Waals surface area contributed by atoms with Crippen LogP contribution in [0.3, 0.4) is 0 Å². The zero-order valence-electron chi connectivity index (χ0n) is 10.9. The van der Waals surface area contributed by atoms with Gasteiger partial charge in [-0.15, -0.1) is 11.8 Å². The Balaban J connectivity index is 1.67. The van der Waals surface area contributed by atoms with Crippen molar-refractivity contribution in [3.63, 3.8) is 0 Å². The normalized spacial score (nSPS) is 29.8. The van der Waals surface area contributed by atoms with Crippen molar-refractivity contribution in [1.29, 1.82) is 0 Å². The average Bonchev–Trinajstić information content (AvgIpc) is 2.83. The standard InChI is InChI=1S/C14H18N2O2S/c1-9-13(15-6-7-18-9)14(17)16-11-8-19-12-5-3-2-4-10(11)12/h2-5,9,11,13,15H,6-8H2,1H3,(H,16,17)/t9-,11?,13+/m1/s1. The van der Waals surface area contributed by atoms with Crippen molar-refractivity contribution in [2.75, 3.05) is 18.9 Å². The van der Waals surface area contributed by atoms with E-state index < -0.39 is 0 Å². The van der Waals surface area contributed by atoms with Crippen molar-refractivity contribution in [2.24, 2.45) is 0 Å². The van der Waals surface area contributed by atoms with Crippen molar-refractivity contribution < 1.29 is 9.53 Å². The predicted octanol–water partition coefficient (Wildman–Crippen LogP) is 1.33. The summed E-state index contributed by atoms with van der Waals surface area (Å²) in [6, 6.07) is 8.13. The Morgan fingerprint density at radius 1 is 1.47 bits per heavy atom. The van der Waals surface area contributed by atoms with Crippen molar-refractivity contribution >= 4 is 17.7 Å². The largest absolute Gasteiger partial charge is 0.375 e. The minimum absolute atomic E-state index is 0.0366. The number of hydrogen-bond donors (Lipinski definition) is 2. The fourth-order valence-corrected chi connectivity index (χ4v) is 3.73. The molecule has 0 spiro atoms. The lowest BCUT2D eigenvalue weighted by Gasteiger charge is -2.30. The van der Waals surface area contributed by atoms with Crippen LogP contribution in [0.15, 0.2) is 29.2 Å². The molecule has 102 valence electrons. The lowest BCUT2D eigenvalue weighted by atomic mass is 10.1. The van der Waals surface area contributed by atoms with E-state index in [1.165, 1.54) is 10.5 Å². The Morgan fingerprint density at radius 2 is 2.32 bits per heavy atom. The number of fused-ring (bicyclic) bond motifs is 1. The van der Waals surface area contributed by atoms with Gasteiger partial charge in [0.2, 0.25) is 5.91 Å². The van der Waals surface area contributed by atoms with Gasteiger partial charge in [0, 0.05) is 17.2 Å². The summed E-state index contributed by atoms with van der Waals surface area (Å²) in [5, 5.41) is 6.36. The highest BCUT2D eigenvalue weighted by Crippen LogP contribution is 2.37. The van der Waals surface area contributed by atoms with Gasteiger partial charge in [-0.05, 0) is 18.6 Å². The van der Waals surface area contributed by atoms with E-state index in [2.05, 4.69) is 22.8 Å². The van der Waals surface area contributed by atoms with Gasteiger partial charge < -0.3 is 15.4 Å². The Hall–Kier alpha value is -1.04. The van der Waals surface area contributed by atoms with Crippen molar-refractivity contribution in [2.45, 2.75) is 30.0 Å². The molecule has 2 aliphatic rings. The van der Waals surface area contributed by atoms with E-state index in [1.54, 1.807) is 11.8 Å². The molecule has 0 bridgehead atoms. The van der Waals surface area contributed by atoms with Gasteiger partial charge in [-0.2, -0.15) is 0 Å². The molecule has 1 amide bonds.